The van der Waals surface area contributed by atoms with Crippen LogP contribution in [-0.2, 0) is 6.42 Å². The molecule has 3 aromatic rings. The quantitative estimate of drug-likeness (QED) is 0.111. The summed E-state index contributed by atoms with van der Waals surface area (Å²) in [7, 11) is 0. The summed E-state index contributed by atoms with van der Waals surface area (Å²) < 4.78 is 25.8. The molecule has 4 heteroatoms. The summed E-state index contributed by atoms with van der Waals surface area (Å²) in [6.07, 6.45) is 12.7. The van der Waals surface area contributed by atoms with Gasteiger partial charge in [0, 0.05) is 0 Å². The van der Waals surface area contributed by atoms with E-state index in [4.69, 9.17) is 9.47 Å². The third-order valence-electron chi connectivity index (χ3n) is 6.61. The topological polar surface area (TPSA) is 35.5 Å². The number of unbranched alkanes of at least 4 members (excludes halogenated alkanes) is 8. The van der Waals surface area contributed by atoms with Crippen molar-refractivity contribution in [1.82, 2.24) is 0 Å². The minimum Gasteiger partial charge on any atom is -0.494 e. The highest BCUT2D eigenvalue weighted by molar-refractivity contribution is 5.91. The lowest BCUT2D eigenvalue weighted by atomic mass is 10.00. The van der Waals surface area contributed by atoms with Crippen molar-refractivity contribution in [3.8, 4) is 22.6 Å². The summed E-state index contributed by atoms with van der Waals surface area (Å²) in [5.41, 5.74) is 2.85. The summed E-state index contributed by atoms with van der Waals surface area (Å²) >= 11 is 0. The minimum atomic E-state index is -0.430. The molecule has 3 nitrogen and oxygen atoms in total. The summed E-state index contributed by atoms with van der Waals surface area (Å²) in [4.78, 5) is 12.6. The Kier molecular flexibility index (Phi) is 12.2. The van der Waals surface area contributed by atoms with Gasteiger partial charge in [-0.15, -0.1) is 0 Å². The highest BCUT2D eigenvalue weighted by Gasteiger charge is 2.11. The Labute approximate surface area is 222 Å². The molecule has 0 saturated heterocycles. The van der Waals surface area contributed by atoms with Gasteiger partial charge in [-0.1, -0.05) is 89.5 Å². The van der Waals surface area contributed by atoms with Gasteiger partial charge in [-0.25, -0.2) is 9.18 Å². The molecule has 3 aromatic carbocycles. The smallest absolute Gasteiger partial charge is 0.343 e. The number of carbonyl (C=O) groups is 1. The van der Waals surface area contributed by atoms with Crippen molar-refractivity contribution < 1.29 is 18.7 Å². The number of ether oxygens (including phenoxy) is 2. The fourth-order valence-electron chi connectivity index (χ4n) is 4.31. The number of aryl methyl sites for hydroxylation is 1. The molecular weight excluding hydrogens is 463 g/mol. The van der Waals surface area contributed by atoms with Crippen LogP contribution in [0.25, 0.3) is 11.1 Å². The van der Waals surface area contributed by atoms with Gasteiger partial charge in [-0.2, -0.15) is 0 Å². The van der Waals surface area contributed by atoms with Crippen LogP contribution < -0.4 is 9.47 Å². The van der Waals surface area contributed by atoms with Crippen LogP contribution in [-0.4, -0.2) is 12.6 Å². The van der Waals surface area contributed by atoms with Crippen molar-refractivity contribution in [1.29, 1.82) is 0 Å². The Balaban J connectivity index is 1.45. The minimum absolute atomic E-state index is 0.174. The molecule has 0 radical (unpaired) electrons. The Hall–Kier alpha value is -3.14. The highest BCUT2D eigenvalue weighted by Crippen LogP contribution is 2.24. The van der Waals surface area contributed by atoms with Crippen molar-refractivity contribution in [3.63, 3.8) is 0 Å². The number of esters is 1. The lowest BCUT2D eigenvalue weighted by Crippen LogP contribution is -2.08. The first kappa shape index (κ1) is 28.4. The molecule has 0 aliphatic carbocycles. The van der Waals surface area contributed by atoms with Crippen molar-refractivity contribution >= 4 is 5.97 Å². The van der Waals surface area contributed by atoms with Gasteiger partial charge in [0.25, 0.3) is 0 Å². The van der Waals surface area contributed by atoms with Gasteiger partial charge in [0.05, 0.1) is 12.2 Å². The lowest BCUT2D eigenvalue weighted by Gasteiger charge is -2.09. The van der Waals surface area contributed by atoms with E-state index in [1.165, 1.54) is 38.5 Å². The van der Waals surface area contributed by atoms with Gasteiger partial charge in [-0.3, -0.25) is 0 Å². The van der Waals surface area contributed by atoms with E-state index in [0.717, 1.165) is 54.5 Å². The van der Waals surface area contributed by atoms with Crippen LogP contribution in [0.3, 0.4) is 0 Å². The Morgan fingerprint density at radius 3 is 1.95 bits per heavy atom. The van der Waals surface area contributed by atoms with Crippen molar-refractivity contribution in [2.75, 3.05) is 6.61 Å². The van der Waals surface area contributed by atoms with E-state index in [9.17, 15) is 9.18 Å². The molecule has 0 N–H and O–H groups in total. The molecule has 198 valence electrons. The van der Waals surface area contributed by atoms with Gasteiger partial charge in [0.15, 0.2) is 0 Å². The normalized spacial score (nSPS) is 10.9. The molecule has 0 amide bonds. The summed E-state index contributed by atoms with van der Waals surface area (Å²) in [5.74, 6) is 0.643. The number of carbonyl (C=O) groups excluding carboxylic acids is 1. The van der Waals surface area contributed by atoms with Crippen LogP contribution in [0.1, 0.15) is 94.0 Å². The molecule has 0 spiro atoms. The predicted molar refractivity (Wildman–Crippen MR) is 150 cm³/mol. The van der Waals surface area contributed by atoms with Gasteiger partial charge < -0.3 is 9.47 Å². The van der Waals surface area contributed by atoms with Crippen LogP contribution in [0, 0.1) is 5.82 Å². The Morgan fingerprint density at radius 1 is 0.676 bits per heavy atom. The molecule has 0 bridgehead atoms. The molecule has 0 fully saturated rings. The molecule has 0 heterocycles. The second-order valence-electron chi connectivity index (χ2n) is 9.67. The van der Waals surface area contributed by atoms with E-state index in [2.05, 4.69) is 13.8 Å². The SMILES string of the molecule is CCCCCCCCCOc1ccc(OC(=O)c2ccc(-c3ccc(CCCCC)c(F)c3)cc2)cc1. The third-order valence-corrected chi connectivity index (χ3v) is 6.61. The average Bonchev–Trinajstić information content (AvgIpc) is 2.92. The largest absolute Gasteiger partial charge is 0.494 e. The van der Waals surface area contributed by atoms with Crippen molar-refractivity contribution in [2.24, 2.45) is 0 Å². The van der Waals surface area contributed by atoms with Gasteiger partial charge in [0.1, 0.15) is 17.3 Å². The average molecular weight is 505 g/mol. The predicted octanol–water partition coefficient (Wildman–Crippen LogP) is 9.57. The van der Waals surface area contributed by atoms with Crippen LogP contribution in [0.5, 0.6) is 11.5 Å². The first-order valence-electron chi connectivity index (χ1n) is 13.9. The van der Waals surface area contributed by atoms with E-state index < -0.39 is 5.97 Å². The second-order valence-corrected chi connectivity index (χ2v) is 9.67. The number of hydrogen-bond acceptors (Lipinski definition) is 3. The Bertz CT molecular complexity index is 1070. The van der Waals surface area contributed by atoms with Crippen LogP contribution in [0.4, 0.5) is 4.39 Å². The number of hydrogen-bond donors (Lipinski definition) is 0. The van der Waals surface area contributed by atoms with E-state index in [-0.39, 0.29) is 5.82 Å². The fourth-order valence-corrected chi connectivity index (χ4v) is 4.31. The molecule has 0 aliphatic heterocycles. The molecule has 0 unspecified atom stereocenters. The zero-order chi connectivity index (χ0) is 26.3. The summed E-state index contributed by atoms with van der Waals surface area (Å²) in [6, 6.07) is 19.6. The van der Waals surface area contributed by atoms with E-state index in [1.54, 1.807) is 30.3 Å². The maximum absolute atomic E-state index is 14.5. The molecule has 0 aromatic heterocycles. The van der Waals surface area contributed by atoms with Crippen LogP contribution in [0.15, 0.2) is 66.7 Å². The van der Waals surface area contributed by atoms with Crippen LogP contribution >= 0.6 is 0 Å². The van der Waals surface area contributed by atoms with Crippen LogP contribution in [0.2, 0.25) is 0 Å². The summed E-state index contributed by atoms with van der Waals surface area (Å²) in [5, 5.41) is 0. The number of rotatable bonds is 16. The van der Waals surface area contributed by atoms with Gasteiger partial charge in [0.2, 0.25) is 0 Å². The highest BCUT2D eigenvalue weighted by atomic mass is 19.1. The maximum Gasteiger partial charge on any atom is 0.343 e. The molecule has 0 atom stereocenters. The molecular formula is C33H41FO3. The third kappa shape index (κ3) is 9.68. The zero-order valence-electron chi connectivity index (χ0n) is 22.4. The van der Waals surface area contributed by atoms with E-state index in [1.807, 2.05) is 36.4 Å². The molecule has 37 heavy (non-hydrogen) atoms. The van der Waals surface area contributed by atoms with Gasteiger partial charge >= 0.3 is 5.97 Å². The maximum atomic E-state index is 14.5. The Morgan fingerprint density at radius 2 is 1.27 bits per heavy atom. The summed E-state index contributed by atoms with van der Waals surface area (Å²) in [6.45, 7) is 5.07. The lowest BCUT2D eigenvalue weighted by molar-refractivity contribution is 0.0734. The molecule has 0 aliphatic rings. The molecule has 0 saturated carbocycles. The monoisotopic (exact) mass is 504 g/mol. The second kappa shape index (κ2) is 15.9. The standard InChI is InChI=1S/C33H41FO3/c1-3-5-7-8-9-10-12-24-36-30-20-22-31(23-21-30)37-33(35)28-17-14-26(15-18-28)29-19-16-27(32(34)25-29)13-11-6-4-2/h14-23,25H,3-13,24H2,1-2H3. The first-order valence-corrected chi connectivity index (χ1v) is 13.9. The molecule has 3 rings (SSSR count). The van der Waals surface area contributed by atoms with Crippen molar-refractivity contribution in [3.05, 3.63) is 83.7 Å². The zero-order valence-corrected chi connectivity index (χ0v) is 22.4. The number of benzene rings is 3. The van der Waals surface area contributed by atoms with Crippen molar-refractivity contribution in [2.45, 2.75) is 84.5 Å². The number of halogens is 1. The van der Waals surface area contributed by atoms with Gasteiger partial charge in [-0.05, 0) is 78.4 Å². The van der Waals surface area contributed by atoms with E-state index in [0.29, 0.717) is 17.9 Å². The van der Waals surface area contributed by atoms with E-state index >= 15 is 0 Å². The fraction of sp³-hybridized carbons (Fsp3) is 0.424. The first-order chi connectivity index (χ1) is 18.1.